The van der Waals surface area contributed by atoms with Gasteiger partial charge in [0, 0.05) is 6.04 Å². The largest absolute Gasteiger partial charge is 0.313 e. The second kappa shape index (κ2) is 6.49. The Hall–Kier alpha value is -1.08. The maximum absolute atomic E-state index is 3.95. The molecule has 0 radical (unpaired) electrons. The molecule has 0 aliphatic rings. The summed E-state index contributed by atoms with van der Waals surface area (Å²) in [4.78, 5) is 0. The first-order valence-corrected chi connectivity index (χ1v) is 6.07. The Balaban J connectivity index is 2.66. The van der Waals surface area contributed by atoms with Gasteiger partial charge in [-0.2, -0.15) is 0 Å². The summed E-state index contributed by atoms with van der Waals surface area (Å²) in [6, 6.07) is 9.36. The Bertz CT molecular complexity index is 324. The van der Waals surface area contributed by atoms with Crippen molar-refractivity contribution in [2.75, 3.05) is 7.05 Å². The molecule has 0 saturated heterocycles. The van der Waals surface area contributed by atoms with Crippen molar-refractivity contribution in [1.29, 1.82) is 0 Å². The average Bonchev–Trinajstić information content (AvgIpc) is 2.30. The zero-order valence-corrected chi connectivity index (χ0v) is 10.7. The minimum atomic E-state index is 0.447. The van der Waals surface area contributed by atoms with Crippen LogP contribution in [-0.2, 0) is 6.42 Å². The van der Waals surface area contributed by atoms with Crippen molar-refractivity contribution in [2.45, 2.75) is 39.2 Å². The summed E-state index contributed by atoms with van der Waals surface area (Å²) in [5.74, 6) is 0. The first-order chi connectivity index (χ1) is 7.67. The molecule has 0 saturated carbocycles. The highest BCUT2D eigenvalue weighted by Crippen LogP contribution is 2.20. The van der Waals surface area contributed by atoms with Crippen molar-refractivity contribution in [3.63, 3.8) is 0 Å². The Morgan fingerprint density at radius 2 is 1.94 bits per heavy atom. The lowest BCUT2D eigenvalue weighted by molar-refractivity contribution is 0.548. The number of benzene rings is 1. The van der Waals surface area contributed by atoms with E-state index in [1.54, 1.807) is 0 Å². The molecule has 0 aliphatic carbocycles. The van der Waals surface area contributed by atoms with Crippen LogP contribution in [0.3, 0.4) is 0 Å². The number of hydrogen-bond acceptors (Lipinski definition) is 1. The van der Waals surface area contributed by atoms with E-state index < -0.39 is 0 Å². The smallest absolute Gasteiger partial charge is 0.0320 e. The highest BCUT2D eigenvalue weighted by Gasteiger charge is 2.08. The van der Waals surface area contributed by atoms with Crippen molar-refractivity contribution in [3.8, 4) is 0 Å². The van der Waals surface area contributed by atoms with Crippen LogP contribution in [0.1, 0.15) is 43.9 Å². The van der Waals surface area contributed by atoms with E-state index in [4.69, 9.17) is 0 Å². The van der Waals surface area contributed by atoms with Gasteiger partial charge in [-0.25, -0.2) is 0 Å². The maximum Gasteiger partial charge on any atom is 0.0320 e. The van der Waals surface area contributed by atoms with Crippen molar-refractivity contribution in [1.82, 2.24) is 5.32 Å². The Labute approximate surface area is 99.6 Å². The molecule has 0 amide bonds. The van der Waals surface area contributed by atoms with Crippen LogP contribution in [0.25, 0.3) is 0 Å². The molecular weight excluding hydrogens is 194 g/mol. The topological polar surface area (TPSA) is 12.0 Å². The monoisotopic (exact) mass is 217 g/mol. The second-order valence-corrected chi connectivity index (χ2v) is 4.43. The van der Waals surface area contributed by atoms with Gasteiger partial charge in [0.05, 0.1) is 0 Å². The third kappa shape index (κ3) is 3.82. The number of hydrogen-bond donors (Lipinski definition) is 1. The highest BCUT2D eigenvalue weighted by atomic mass is 14.9. The van der Waals surface area contributed by atoms with Crippen LogP contribution in [0.15, 0.2) is 36.4 Å². The van der Waals surface area contributed by atoms with Gasteiger partial charge in [-0.3, -0.25) is 0 Å². The van der Waals surface area contributed by atoms with Gasteiger partial charge in [0.25, 0.3) is 0 Å². The van der Waals surface area contributed by atoms with Crippen LogP contribution in [0, 0.1) is 0 Å². The molecule has 1 nitrogen and oxygen atoms in total. The van der Waals surface area contributed by atoms with E-state index in [9.17, 15) is 0 Å². The fraction of sp³-hybridized carbons (Fsp3) is 0.467. The normalized spacial score (nSPS) is 12.4. The minimum absolute atomic E-state index is 0.447. The summed E-state index contributed by atoms with van der Waals surface area (Å²) in [7, 11) is 2.02. The van der Waals surface area contributed by atoms with Crippen LogP contribution in [0.2, 0.25) is 0 Å². The number of nitrogens with one attached hydrogen (secondary N) is 1. The number of rotatable bonds is 6. The standard InChI is InChI=1S/C15H23N/c1-5-13-7-9-14(10-8-13)15(16-4)11-6-12(2)3/h7-10,15-16H,2,5-6,11H2,1,3-4H3. The van der Waals surface area contributed by atoms with Gasteiger partial charge in [0.2, 0.25) is 0 Å². The van der Waals surface area contributed by atoms with Crippen molar-refractivity contribution < 1.29 is 0 Å². The van der Waals surface area contributed by atoms with Gasteiger partial charge in [0.1, 0.15) is 0 Å². The van der Waals surface area contributed by atoms with E-state index in [1.165, 1.54) is 16.7 Å². The van der Waals surface area contributed by atoms with E-state index >= 15 is 0 Å². The van der Waals surface area contributed by atoms with Crippen LogP contribution >= 0.6 is 0 Å². The van der Waals surface area contributed by atoms with E-state index in [1.807, 2.05) is 7.05 Å². The molecule has 1 rings (SSSR count). The molecule has 16 heavy (non-hydrogen) atoms. The molecule has 1 unspecified atom stereocenters. The van der Waals surface area contributed by atoms with Gasteiger partial charge < -0.3 is 5.32 Å². The van der Waals surface area contributed by atoms with Gasteiger partial charge in [0.15, 0.2) is 0 Å². The quantitative estimate of drug-likeness (QED) is 0.713. The first-order valence-electron chi connectivity index (χ1n) is 6.07. The van der Waals surface area contributed by atoms with Gasteiger partial charge >= 0.3 is 0 Å². The lowest BCUT2D eigenvalue weighted by Gasteiger charge is -2.17. The molecular formula is C15H23N. The summed E-state index contributed by atoms with van der Waals surface area (Å²) in [5.41, 5.74) is 4.03. The van der Waals surface area contributed by atoms with E-state index in [2.05, 4.69) is 50.0 Å². The summed E-state index contributed by atoms with van der Waals surface area (Å²) in [6.45, 7) is 8.23. The van der Waals surface area contributed by atoms with E-state index in [0.29, 0.717) is 6.04 Å². The predicted octanol–water partition coefficient (Wildman–Crippen LogP) is 3.87. The van der Waals surface area contributed by atoms with Crippen molar-refractivity contribution >= 4 is 0 Å². The van der Waals surface area contributed by atoms with Crippen molar-refractivity contribution in [2.24, 2.45) is 0 Å². The van der Waals surface area contributed by atoms with E-state index in [0.717, 1.165) is 19.3 Å². The van der Waals surface area contributed by atoms with Crippen LogP contribution in [0.5, 0.6) is 0 Å². The molecule has 88 valence electrons. The molecule has 0 aromatic heterocycles. The van der Waals surface area contributed by atoms with E-state index in [-0.39, 0.29) is 0 Å². The molecule has 1 atom stereocenters. The first kappa shape index (κ1) is 13.0. The fourth-order valence-corrected chi connectivity index (χ4v) is 1.85. The van der Waals surface area contributed by atoms with Gasteiger partial charge in [-0.15, -0.1) is 6.58 Å². The summed E-state index contributed by atoms with van der Waals surface area (Å²) in [6.07, 6.45) is 3.31. The average molecular weight is 217 g/mol. The third-order valence-corrected chi connectivity index (χ3v) is 3.00. The Morgan fingerprint density at radius 3 is 2.38 bits per heavy atom. The van der Waals surface area contributed by atoms with Gasteiger partial charge in [-0.05, 0) is 44.4 Å². The molecule has 1 aromatic rings. The zero-order valence-electron chi connectivity index (χ0n) is 10.7. The lowest BCUT2D eigenvalue weighted by atomic mass is 9.98. The van der Waals surface area contributed by atoms with Gasteiger partial charge in [-0.1, -0.05) is 36.8 Å². The Kier molecular flexibility index (Phi) is 5.27. The van der Waals surface area contributed by atoms with Crippen LogP contribution in [-0.4, -0.2) is 7.05 Å². The third-order valence-electron chi connectivity index (χ3n) is 3.00. The SMILES string of the molecule is C=C(C)CCC(NC)c1ccc(CC)cc1. The molecule has 0 bridgehead atoms. The predicted molar refractivity (Wildman–Crippen MR) is 71.7 cm³/mol. The minimum Gasteiger partial charge on any atom is -0.313 e. The Morgan fingerprint density at radius 1 is 1.31 bits per heavy atom. The number of allylic oxidation sites excluding steroid dienone is 1. The summed E-state index contributed by atoms with van der Waals surface area (Å²) < 4.78 is 0. The van der Waals surface area contributed by atoms with Crippen LogP contribution < -0.4 is 5.32 Å². The van der Waals surface area contributed by atoms with Crippen molar-refractivity contribution in [3.05, 3.63) is 47.5 Å². The molecule has 1 aromatic carbocycles. The highest BCUT2D eigenvalue weighted by molar-refractivity contribution is 5.25. The zero-order chi connectivity index (χ0) is 12.0. The summed E-state index contributed by atoms with van der Waals surface area (Å²) in [5, 5.41) is 3.37. The van der Waals surface area contributed by atoms with Crippen LogP contribution in [0.4, 0.5) is 0 Å². The lowest BCUT2D eigenvalue weighted by Crippen LogP contribution is -2.16. The molecule has 0 heterocycles. The molecule has 0 spiro atoms. The molecule has 1 heteroatoms. The maximum atomic E-state index is 3.95. The molecule has 1 N–H and O–H groups in total. The fourth-order valence-electron chi connectivity index (χ4n) is 1.85. The molecule has 0 fully saturated rings. The second-order valence-electron chi connectivity index (χ2n) is 4.43. The molecule has 0 aliphatic heterocycles. The number of aryl methyl sites for hydroxylation is 1. The summed E-state index contributed by atoms with van der Waals surface area (Å²) >= 11 is 0.